The lowest BCUT2D eigenvalue weighted by Gasteiger charge is -2.43. The molecule has 0 bridgehead atoms. The molecule has 0 N–H and O–H groups in total. The van der Waals surface area contributed by atoms with Gasteiger partial charge in [-0.05, 0) is 52.0 Å². The average Bonchev–Trinajstić information content (AvgIpc) is 2.68. The van der Waals surface area contributed by atoms with Crippen LogP contribution in [0.4, 0.5) is 0 Å². The summed E-state index contributed by atoms with van der Waals surface area (Å²) in [5.74, 6) is 1.46. The number of carbonyl (C=O) groups excluding carboxylic acids is 2. The van der Waals surface area contributed by atoms with E-state index in [9.17, 15) is 9.59 Å². The van der Waals surface area contributed by atoms with E-state index in [2.05, 4.69) is 14.9 Å². The molecule has 0 aliphatic carbocycles. The predicted octanol–water partition coefficient (Wildman–Crippen LogP) is 1.89. The third-order valence-electron chi connectivity index (χ3n) is 6.20. The lowest BCUT2D eigenvalue weighted by molar-refractivity contribution is -0.131. The van der Waals surface area contributed by atoms with Crippen molar-refractivity contribution in [2.75, 3.05) is 40.3 Å². The molecule has 0 saturated carbocycles. The predicted molar refractivity (Wildman–Crippen MR) is 108 cm³/mol. The van der Waals surface area contributed by atoms with Crippen LogP contribution in [-0.2, 0) is 4.79 Å². The second-order valence-electron chi connectivity index (χ2n) is 8.37. The zero-order chi connectivity index (χ0) is 20.3. The molecule has 2 aliphatic rings. The van der Waals surface area contributed by atoms with Crippen molar-refractivity contribution < 1.29 is 9.59 Å². The van der Waals surface area contributed by atoms with Crippen molar-refractivity contribution in [1.29, 1.82) is 0 Å². The van der Waals surface area contributed by atoms with Crippen LogP contribution in [0.2, 0.25) is 0 Å². The van der Waals surface area contributed by atoms with Crippen molar-refractivity contribution in [2.45, 2.75) is 52.0 Å². The molecule has 0 radical (unpaired) electrons. The summed E-state index contributed by atoms with van der Waals surface area (Å²) in [6.07, 6.45) is 7.20. The first-order valence-electron chi connectivity index (χ1n) is 10.4. The van der Waals surface area contributed by atoms with Crippen molar-refractivity contribution in [3.05, 3.63) is 23.3 Å². The Morgan fingerprint density at radius 3 is 2.46 bits per heavy atom. The van der Waals surface area contributed by atoms with Gasteiger partial charge in [0, 0.05) is 39.4 Å². The van der Waals surface area contributed by atoms with Gasteiger partial charge in [0.1, 0.15) is 5.82 Å². The Morgan fingerprint density at radius 1 is 1.11 bits per heavy atom. The largest absolute Gasteiger partial charge is 0.348 e. The maximum Gasteiger partial charge on any atom is 0.257 e. The topological polar surface area (TPSA) is 69.6 Å². The number of likely N-dealkylation sites (tertiary alicyclic amines) is 2. The highest BCUT2D eigenvalue weighted by Crippen LogP contribution is 2.31. The van der Waals surface area contributed by atoms with Gasteiger partial charge in [-0.15, -0.1) is 0 Å². The Labute approximate surface area is 168 Å². The van der Waals surface area contributed by atoms with Gasteiger partial charge in [0.05, 0.1) is 17.8 Å². The Hall–Kier alpha value is -2.02. The molecule has 7 nitrogen and oxygen atoms in total. The van der Waals surface area contributed by atoms with E-state index in [-0.39, 0.29) is 11.8 Å². The van der Waals surface area contributed by atoms with E-state index in [1.54, 1.807) is 11.1 Å². The monoisotopic (exact) mass is 387 g/mol. The molecule has 0 aromatic carbocycles. The maximum absolute atomic E-state index is 12.9. The molecule has 3 heterocycles. The molecular weight excluding hydrogens is 354 g/mol. The molecule has 1 aromatic heterocycles. The van der Waals surface area contributed by atoms with Crippen LogP contribution in [0.15, 0.2) is 6.20 Å². The molecule has 0 spiro atoms. The number of piperidine rings is 2. The Bertz CT molecular complexity index is 713. The van der Waals surface area contributed by atoms with Crippen LogP contribution in [0.25, 0.3) is 0 Å². The van der Waals surface area contributed by atoms with Gasteiger partial charge in [0.15, 0.2) is 0 Å². The Kier molecular flexibility index (Phi) is 6.65. The SMILES string of the molecule is Cc1ncc(C(=O)N2CCC([C@@H]3CCCCN3CC(=O)N(C)C)CC2)c(C)n1. The van der Waals surface area contributed by atoms with Gasteiger partial charge >= 0.3 is 0 Å². The maximum atomic E-state index is 12.9. The number of hydrogen-bond acceptors (Lipinski definition) is 5. The summed E-state index contributed by atoms with van der Waals surface area (Å²) in [7, 11) is 3.64. The Morgan fingerprint density at radius 2 is 1.82 bits per heavy atom. The van der Waals surface area contributed by atoms with Gasteiger partial charge in [-0.25, -0.2) is 9.97 Å². The highest BCUT2D eigenvalue weighted by atomic mass is 16.2. The second kappa shape index (κ2) is 8.99. The highest BCUT2D eigenvalue weighted by molar-refractivity contribution is 5.95. The molecule has 2 fully saturated rings. The number of likely N-dealkylation sites (N-methyl/N-ethyl adjacent to an activating group) is 1. The third-order valence-corrected chi connectivity index (χ3v) is 6.20. The van der Waals surface area contributed by atoms with Crippen LogP contribution in [-0.4, -0.2) is 82.8 Å². The number of hydrogen-bond donors (Lipinski definition) is 0. The van der Waals surface area contributed by atoms with E-state index in [4.69, 9.17) is 0 Å². The fourth-order valence-corrected chi connectivity index (χ4v) is 4.51. The van der Waals surface area contributed by atoms with Gasteiger partial charge in [-0.2, -0.15) is 0 Å². The normalized spacial score (nSPS) is 21.6. The summed E-state index contributed by atoms with van der Waals surface area (Å²) < 4.78 is 0. The zero-order valence-electron chi connectivity index (χ0n) is 17.6. The standard InChI is InChI=1S/C21H33N5O2/c1-15-18(13-22-16(2)23-15)21(28)25-11-8-17(9-12-25)19-7-5-6-10-26(19)14-20(27)24(3)4/h13,17,19H,5-12,14H2,1-4H3/t19-/m0/s1. The summed E-state index contributed by atoms with van der Waals surface area (Å²) >= 11 is 0. The van der Waals surface area contributed by atoms with Crippen LogP contribution in [0.5, 0.6) is 0 Å². The molecule has 3 rings (SSSR count). The smallest absolute Gasteiger partial charge is 0.257 e. The first kappa shape index (κ1) is 20.7. The molecule has 154 valence electrons. The second-order valence-corrected chi connectivity index (χ2v) is 8.37. The van der Waals surface area contributed by atoms with Gasteiger partial charge in [0.2, 0.25) is 5.91 Å². The summed E-state index contributed by atoms with van der Waals surface area (Å²) in [5, 5.41) is 0. The molecule has 2 aliphatic heterocycles. The van der Waals surface area contributed by atoms with E-state index in [1.807, 2.05) is 32.8 Å². The molecule has 0 unspecified atom stereocenters. The van der Waals surface area contributed by atoms with Gasteiger partial charge in [-0.3, -0.25) is 14.5 Å². The molecule has 7 heteroatoms. The van der Waals surface area contributed by atoms with Crippen LogP contribution in [0.1, 0.15) is 54.0 Å². The lowest BCUT2D eigenvalue weighted by Crippen LogP contribution is -2.51. The summed E-state index contributed by atoms with van der Waals surface area (Å²) in [4.78, 5) is 39.6. The molecule has 2 amide bonds. The minimum Gasteiger partial charge on any atom is -0.348 e. The van der Waals surface area contributed by atoms with Crippen LogP contribution in [0.3, 0.4) is 0 Å². The fraction of sp³-hybridized carbons (Fsp3) is 0.714. The van der Waals surface area contributed by atoms with E-state index >= 15 is 0 Å². The minimum atomic E-state index is 0.0410. The summed E-state index contributed by atoms with van der Waals surface area (Å²) in [6, 6.07) is 0.458. The summed E-state index contributed by atoms with van der Waals surface area (Å²) in [5.41, 5.74) is 1.36. The van der Waals surface area contributed by atoms with Crippen LogP contribution < -0.4 is 0 Å². The molecule has 28 heavy (non-hydrogen) atoms. The minimum absolute atomic E-state index is 0.0410. The molecule has 1 atom stereocenters. The van der Waals surface area contributed by atoms with Gasteiger partial charge in [0.25, 0.3) is 5.91 Å². The van der Waals surface area contributed by atoms with Crippen molar-refractivity contribution in [1.82, 2.24) is 24.7 Å². The van der Waals surface area contributed by atoms with E-state index < -0.39 is 0 Å². The molecular formula is C21H33N5O2. The highest BCUT2D eigenvalue weighted by Gasteiger charge is 2.34. The van der Waals surface area contributed by atoms with E-state index in [0.717, 1.165) is 44.6 Å². The van der Waals surface area contributed by atoms with Crippen LogP contribution >= 0.6 is 0 Å². The lowest BCUT2D eigenvalue weighted by atomic mass is 9.83. The van der Waals surface area contributed by atoms with Crippen molar-refractivity contribution in [3.63, 3.8) is 0 Å². The number of amides is 2. The van der Waals surface area contributed by atoms with Gasteiger partial charge < -0.3 is 9.80 Å². The first-order valence-corrected chi connectivity index (χ1v) is 10.4. The zero-order valence-corrected chi connectivity index (χ0v) is 17.6. The van der Waals surface area contributed by atoms with E-state index in [1.165, 1.54) is 12.8 Å². The molecule has 2 saturated heterocycles. The number of aryl methyl sites for hydroxylation is 2. The average molecular weight is 388 g/mol. The number of nitrogens with zero attached hydrogens (tertiary/aromatic N) is 5. The van der Waals surface area contributed by atoms with Crippen LogP contribution in [0, 0.1) is 19.8 Å². The van der Waals surface area contributed by atoms with Crippen molar-refractivity contribution in [3.8, 4) is 0 Å². The third kappa shape index (κ3) is 4.69. The Balaban J connectivity index is 1.60. The van der Waals surface area contributed by atoms with Crippen molar-refractivity contribution in [2.24, 2.45) is 5.92 Å². The molecule has 1 aromatic rings. The van der Waals surface area contributed by atoms with Crippen molar-refractivity contribution >= 4 is 11.8 Å². The van der Waals surface area contributed by atoms with E-state index in [0.29, 0.717) is 29.9 Å². The fourth-order valence-electron chi connectivity index (χ4n) is 4.51. The first-order chi connectivity index (χ1) is 13.4. The number of rotatable bonds is 4. The quantitative estimate of drug-likeness (QED) is 0.789. The summed E-state index contributed by atoms with van der Waals surface area (Å²) in [6.45, 7) is 6.76. The van der Waals surface area contributed by atoms with Gasteiger partial charge in [-0.1, -0.05) is 6.42 Å². The number of carbonyl (C=O) groups is 2. The number of aromatic nitrogens is 2.